The van der Waals surface area contributed by atoms with Crippen molar-refractivity contribution in [3.05, 3.63) is 111 Å². The fourth-order valence-corrected chi connectivity index (χ4v) is 3.28. The quantitative estimate of drug-likeness (QED) is 0.481. The molecule has 0 saturated carbocycles. The number of halogens is 2. The summed E-state index contributed by atoms with van der Waals surface area (Å²) in [7, 11) is 0. The number of ketones is 1. The van der Waals surface area contributed by atoms with Crippen molar-refractivity contribution in [3.8, 4) is 0 Å². The molecule has 4 rings (SSSR count). The third kappa shape index (κ3) is 3.44. The molecular formula is C22H14ClFN2O2. The van der Waals surface area contributed by atoms with Crippen LogP contribution in [0.3, 0.4) is 0 Å². The Hall–Kier alpha value is -3.31. The highest BCUT2D eigenvalue weighted by molar-refractivity contribution is 6.31. The molecule has 0 saturated heterocycles. The first-order valence-corrected chi connectivity index (χ1v) is 8.92. The third-order valence-electron chi connectivity index (χ3n) is 4.50. The summed E-state index contributed by atoms with van der Waals surface area (Å²) in [6.45, 7) is 0.370. The van der Waals surface area contributed by atoms with Crippen molar-refractivity contribution >= 4 is 28.3 Å². The van der Waals surface area contributed by atoms with Crippen molar-refractivity contribution in [2.24, 2.45) is 0 Å². The third-order valence-corrected chi connectivity index (χ3v) is 4.73. The SMILES string of the molecule is O=C(c1ccncc1)c1cn(Cc2ccc(F)cc2)c2ccc(Cl)cc2c1=O. The maximum atomic E-state index is 13.2. The first-order valence-electron chi connectivity index (χ1n) is 8.55. The van der Waals surface area contributed by atoms with E-state index in [9.17, 15) is 14.0 Å². The number of benzene rings is 2. The number of hydrogen-bond donors (Lipinski definition) is 0. The molecule has 2 aromatic carbocycles. The van der Waals surface area contributed by atoms with Gasteiger partial charge in [-0.15, -0.1) is 0 Å². The number of carbonyl (C=O) groups excluding carboxylic acids is 1. The maximum absolute atomic E-state index is 13.2. The normalized spacial score (nSPS) is 10.9. The minimum absolute atomic E-state index is 0.0445. The lowest BCUT2D eigenvalue weighted by molar-refractivity contribution is 0.103. The molecule has 4 aromatic rings. The van der Waals surface area contributed by atoms with Gasteiger partial charge in [-0.3, -0.25) is 14.6 Å². The van der Waals surface area contributed by atoms with Gasteiger partial charge in [0.25, 0.3) is 0 Å². The van der Waals surface area contributed by atoms with Crippen LogP contribution in [-0.4, -0.2) is 15.3 Å². The predicted octanol–water partition coefficient (Wildman–Crippen LogP) is 4.47. The van der Waals surface area contributed by atoms with E-state index in [0.717, 1.165) is 5.56 Å². The molecule has 0 aliphatic carbocycles. The van der Waals surface area contributed by atoms with Crippen molar-refractivity contribution in [1.29, 1.82) is 0 Å². The predicted molar refractivity (Wildman–Crippen MR) is 106 cm³/mol. The fourth-order valence-electron chi connectivity index (χ4n) is 3.11. The van der Waals surface area contributed by atoms with Crippen LogP contribution in [0.1, 0.15) is 21.5 Å². The van der Waals surface area contributed by atoms with Gasteiger partial charge >= 0.3 is 0 Å². The molecule has 28 heavy (non-hydrogen) atoms. The van der Waals surface area contributed by atoms with Gasteiger partial charge in [0.1, 0.15) is 5.82 Å². The van der Waals surface area contributed by atoms with Crippen molar-refractivity contribution < 1.29 is 9.18 Å². The Kier molecular flexibility index (Phi) is 4.75. The number of aromatic nitrogens is 2. The van der Waals surface area contributed by atoms with Crippen LogP contribution in [0.2, 0.25) is 5.02 Å². The van der Waals surface area contributed by atoms with E-state index in [1.54, 1.807) is 53.2 Å². The van der Waals surface area contributed by atoms with E-state index < -0.39 is 0 Å². The average Bonchev–Trinajstić information content (AvgIpc) is 2.72. The van der Waals surface area contributed by atoms with Crippen LogP contribution in [0.25, 0.3) is 10.9 Å². The van der Waals surface area contributed by atoms with E-state index in [1.165, 1.54) is 24.5 Å². The summed E-state index contributed by atoms with van der Waals surface area (Å²) in [6, 6.07) is 14.2. The number of carbonyl (C=O) groups is 1. The highest BCUT2D eigenvalue weighted by atomic mass is 35.5. The largest absolute Gasteiger partial charge is 0.342 e. The lowest BCUT2D eigenvalue weighted by Crippen LogP contribution is -2.20. The first kappa shape index (κ1) is 18.1. The van der Waals surface area contributed by atoms with Gasteiger partial charge in [-0.05, 0) is 48.0 Å². The van der Waals surface area contributed by atoms with Gasteiger partial charge in [0, 0.05) is 41.1 Å². The molecule has 0 fully saturated rings. The van der Waals surface area contributed by atoms with Crippen LogP contribution in [0.5, 0.6) is 0 Å². The summed E-state index contributed by atoms with van der Waals surface area (Å²) in [4.78, 5) is 29.8. The molecule has 6 heteroatoms. The second-order valence-corrected chi connectivity index (χ2v) is 6.79. The van der Waals surface area contributed by atoms with Crippen LogP contribution >= 0.6 is 11.6 Å². The molecule has 2 heterocycles. The van der Waals surface area contributed by atoms with E-state index in [4.69, 9.17) is 11.6 Å². The average molecular weight is 393 g/mol. The summed E-state index contributed by atoms with van der Waals surface area (Å²) in [5.74, 6) is -0.712. The van der Waals surface area contributed by atoms with Crippen LogP contribution in [0.15, 0.2) is 78.0 Å². The maximum Gasteiger partial charge on any atom is 0.200 e. The minimum atomic E-state index is -0.387. The zero-order valence-corrected chi connectivity index (χ0v) is 15.4. The summed E-state index contributed by atoms with van der Waals surface area (Å²) in [5.41, 5.74) is 1.52. The van der Waals surface area contributed by atoms with E-state index >= 15 is 0 Å². The number of rotatable bonds is 4. The molecule has 0 spiro atoms. The zero-order valence-electron chi connectivity index (χ0n) is 14.6. The molecule has 0 unspecified atom stereocenters. The van der Waals surface area contributed by atoms with E-state index in [0.29, 0.717) is 28.0 Å². The molecule has 0 bridgehead atoms. The Morgan fingerprint density at radius 3 is 2.46 bits per heavy atom. The van der Waals surface area contributed by atoms with Crippen molar-refractivity contribution in [2.75, 3.05) is 0 Å². The molecule has 0 amide bonds. The van der Waals surface area contributed by atoms with Crippen molar-refractivity contribution in [1.82, 2.24) is 9.55 Å². The number of nitrogens with zero attached hydrogens (tertiary/aromatic N) is 2. The topological polar surface area (TPSA) is 52.0 Å². The van der Waals surface area contributed by atoms with Gasteiger partial charge in [-0.1, -0.05) is 23.7 Å². The standard InChI is InChI=1S/C22H14ClFN2O2/c23-16-3-6-20-18(11-16)22(28)19(21(27)15-7-9-25-10-8-15)13-26(20)12-14-1-4-17(24)5-2-14/h1-11,13H,12H2. The van der Waals surface area contributed by atoms with Gasteiger partial charge in [-0.25, -0.2) is 4.39 Å². The van der Waals surface area contributed by atoms with E-state index in [2.05, 4.69) is 4.98 Å². The monoisotopic (exact) mass is 392 g/mol. The molecule has 0 aliphatic rings. The Morgan fingerprint density at radius 2 is 1.75 bits per heavy atom. The van der Waals surface area contributed by atoms with Crippen LogP contribution in [0, 0.1) is 5.82 Å². The van der Waals surface area contributed by atoms with Crippen LogP contribution < -0.4 is 5.43 Å². The summed E-state index contributed by atoms with van der Waals surface area (Å²) >= 11 is 6.09. The number of fused-ring (bicyclic) bond motifs is 1. The first-order chi connectivity index (χ1) is 13.5. The van der Waals surface area contributed by atoms with Gasteiger partial charge in [0.05, 0.1) is 11.1 Å². The summed E-state index contributed by atoms with van der Waals surface area (Å²) in [5, 5.41) is 0.765. The Balaban J connectivity index is 1.91. The molecule has 2 aromatic heterocycles. The smallest absolute Gasteiger partial charge is 0.200 e. The second-order valence-electron chi connectivity index (χ2n) is 6.35. The van der Waals surface area contributed by atoms with Crippen molar-refractivity contribution in [2.45, 2.75) is 6.54 Å². The number of hydrogen-bond acceptors (Lipinski definition) is 3. The fraction of sp³-hybridized carbons (Fsp3) is 0.0455. The summed E-state index contributed by atoms with van der Waals surface area (Å²) in [6.07, 6.45) is 4.55. The Bertz CT molecular complexity index is 1240. The molecular weight excluding hydrogens is 379 g/mol. The van der Waals surface area contributed by atoms with Crippen molar-refractivity contribution in [3.63, 3.8) is 0 Å². The molecule has 0 N–H and O–H groups in total. The number of pyridine rings is 2. The Labute approximate surface area is 164 Å². The molecule has 0 atom stereocenters. The van der Waals surface area contributed by atoms with Gasteiger partial charge in [0.15, 0.2) is 5.78 Å². The van der Waals surface area contributed by atoms with Gasteiger partial charge < -0.3 is 4.57 Å². The lowest BCUT2D eigenvalue weighted by atomic mass is 10.0. The van der Waals surface area contributed by atoms with Gasteiger partial charge in [0.2, 0.25) is 5.43 Å². The zero-order chi connectivity index (χ0) is 19.7. The van der Waals surface area contributed by atoms with Crippen LogP contribution in [0.4, 0.5) is 4.39 Å². The highest BCUT2D eigenvalue weighted by Gasteiger charge is 2.17. The van der Waals surface area contributed by atoms with E-state index in [-0.39, 0.29) is 22.6 Å². The molecule has 4 nitrogen and oxygen atoms in total. The van der Waals surface area contributed by atoms with Crippen LogP contribution in [-0.2, 0) is 6.54 Å². The Morgan fingerprint density at radius 1 is 1.04 bits per heavy atom. The second kappa shape index (κ2) is 7.37. The lowest BCUT2D eigenvalue weighted by Gasteiger charge is -2.14. The molecule has 138 valence electrons. The minimum Gasteiger partial charge on any atom is -0.342 e. The summed E-state index contributed by atoms with van der Waals surface area (Å²) < 4.78 is 15.0. The molecule has 0 aliphatic heterocycles. The molecule has 0 radical (unpaired) electrons. The van der Waals surface area contributed by atoms with E-state index in [1.807, 2.05) is 0 Å². The van der Waals surface area contributed by atoms with Gasteiger partial charge in [-0.2, -0.15) is 0 Å². The highest BCUT2D eigenvalue weighted by Crippen LogP contribution is 2.20.